The van der Waals surface area contributed by atoms with E-state index >= 15 is 0 Å². The Hall–Kier alpha value is -2.65. The van der Waals surface area contributed by atoms with E-state index in [9.17, 15) is 9.59 Å². The van der Waals surface area contributed by atoms with Gasteiger partial charge in [-0.3, -0.25) is 14.2 Å². The zero-order chi connectivity index (χ0) is 20.1. The van der Waals surface area contributed by atoms with Crippen molar-refractivity contribution < 1.29 is 4.79 Å². The van der Waals surface area contributed by atoms with E-state index in [2.05, 4.69) is 32.4 Å². The second-order valence-corrected chi connectivity index (χ2v) is 7.57. The van der Waals surface area contributed by atoms with Gasteiger partial charge in [0.2, 0.25) is 0 Å². The van der Waals surface area contributed by atoms with Gasteiger partial charge in [0.1, 0.15) is 34.2 Å². The normalized spacial score (nSPS) is 18.2. The number of aryl methyl sites for hydroxylation is 1. The molecular weight excluding hydrogens is 382 g/mol. The molecule has 0 aromatic carbocycles. The number of rotatable bonds is 3. The number of carbonyl (C=O) groups is 1. The number of halogens is 1. The number of likely N-dealkylation sites (tertiary alicyclic amines) is 1. The lowest BCUT2D eigenvalue weighted by Crippen LogP contribution is -2.54. The van der Waals surface area contributed by atoms with Crippen LogP contribution < -0.4 is 21.9 Å². The molecule has 1 saturated heterocycles. The highest BCUT2D eigenvalue weighted by Crippen LogP contribution is 2.34. The van der Waals surface area contributed by atoms with Crippen molar-refractivity contribution in [3.63, 3.8) is 0 Å². The molecule has 0 aliphatic carbocycles. The SMILES string of the molecule is CCN1CCC2(CC1)NC(=O)c1c(C)cc(Nc3ncnc(N)c3Cl)c(=O)n12. The van der Waals surface area contributed by atoms with Crippen molar-refractivity contribution in [1.82, 2.24) is 24.8 Å². The second-order valence-electron chi connectivity index (χ2n) is 7.20. The van der Waals surface area contributed by atoms with E-state index in [0.29, 0.717) is 24.1 Å². The third-order valence-electron chi connectivity index (χ3n) is 5.58. The predicted molar refractivity (Wildman–Crippen MR) is 107 cm³/mol. The van der Waals surface area contributed by atoms with Crippen LogP contribution in [0.5, 0.6) is 0 Å². The summed E-state index contributed by atoms with van der Waals surface area (Å²) in [5, 5.41) is 6.18. The van der Waals surface area contributed by atoms with Gasteiger partial charge in [-0.2, -0.15) is 0 Å². The maximum Gasteiger partial charge on any atom is 0.276 e. The van der Waals surface area contributed by atoms with Crippen LogP contribution in [0, 0.1) is 6.92 Å². The molecule has 1 fully saturated rings. The van der Waals surface area contributed by atoms with Crippen molar-refractivity contribution >= 4 is 34.8 Å². The Labute approximate surface area is 166 Å². The Bertz CT molecular complexity index is 1010. The second kappa shape index (κ2) is 6.75. The number of anilines is 3. The molecule has 2 aromatic heterocycles. The summed E-state index contributed by atoms with van der Waals surface area (Å²) in [6.45, 7) is 6.49. The molecule has 1 amide bonds. The summed E-state index contributed by atoms with van der Waals surface area (Å²) in [6.07, 6.45) is 2.61. The molecule has 148 valence electrons. The minimum Gasteiger partial charge on any atom is -0.382 e. The fourth-order valence-electron chi connectivity index (χ4n) is 4.04. The molecule has 0 unspecified atom stereocenters. The smallest absolute Gasteiger partial charge is 0.276 e. The van der Waals surface area contributed by atoms with Gasteiger partial charge in [-0.15, -0.1) is 0 Å². The number of nitrogens with one attached hydrogen (secondary N) is 2. The zero-order valence-electron chi connectivity index (χ0n) is 15.8. The Morgan fingerprint density at radius 1 is 1.32 bits per heavy atom. The van der Waals surface area contributed by atoms with Crippen molar-refractivity contribution in [1.29, 1.82) is 0 Å². The predicted octanol–water partition coefficient (Wildman–Crippen LogP) is 1.44. The lowest BCUT2D eigenvalue weighted by Gasteiger charge is -2.40. The molecule has 1 spiro atoms. The number of hydrogen-bond donors (Lipinski definition) is 3. The van der Waals surface area contributed by atoms with Gasteiger partial charge in [-0.1, -0.05) is 18.5 Å². The van der Waals surface area contributed by atoms with Crippen molar-refractivity contribution in [2.45, 2.75) is 32.4 Å². The van der Waals surface area contributed by atoms with Gasteiger partial charge in [-0.25, -0.2) is 9.97 Å². The third-order valence-corrected chi connectivity index (χ3v) is 5.95. The fourth-order valence-corrected chi connectivity index (χ4v) is 4.18. The lowest BCUT2D eigenvalue weighted by molar-refractivity contribution is 0.0761. The minimum absolute atomic E-state index is 0.123. The largest absolute Gasteiger partial charge is 0.382 e. The summed E-state index contributed by atoms with van der Waals surface area (Å²) in [4.78, 5) is 36.2. The molecule has 0 bridgehead atoms. The van der Waals surface area contributed by atoms with Gasteiger partial charge in [0, 0.05) is 25.9 Å². The molecule has 0 atom stereocenters. The molecule has 4 heterocycles. The van der Waals surface area contributed by atoms with E-state index < -0.39 is 5.66 Å². The molecule has 4 rings (SSSR count). The minimum atomic E-state index is -0.702. The van der Waals surface area contributed by atoms with Crippen LogP contribution in [0.15, 0.2) is 17.2 Å². The van der Waals surface area contributed by atoms with Crippen LogP contribution in [0.4, 0.5) is 17.3 Å². The standard InChI is InChI=1S/C18H22ClN7O2/c1-3-25-6-4-18(5-7-25)24-16(27)13-10(2)8-11(17(28)26(13)18)23-15-12(19)14(20)21-9-22-15/h8-9H,3-7H2,1-2H3,(H,24,27)(H3,20,21,22,23). The van der Waals surface area contributed by atoms with Gasteiger partial charge >= 0.3 is 0 Å². The number of aromatic nitrogens is 3. The number of piperidine rings is 1. The van der Waals surface area contributed by atoms with Crippen LogP contribution in [0.3, 0.4) is 0 Å². The number of pyridine rings is 1. The number of carbonyl (C=O) groups excluding carboxylic acids is 1. The fraction of sp³-hybridized carbons (Fsp3) is 0.444. The number of fused-ring (bicyclic) bond motifs is 2. The maximum atomic E-state index is 13.4. The number of hydrogen-bond acceptors (Lipinski definition) is 7. The van der Waals surface area contributed by atoms with Gasteiger partial charge < -0.3 is 21.3 Å². The quantitative estimate of drug-likeness (QED) is 0.709. The zero-order valence-corrected chi connectivity index (χ0v) is 16.5. The summed E-state index contributed by atoms with van der Waals surface area (Å²) in [7, 11) is 0. The number of amides is 1. The van der Waals surface area contributed by atoms with Gasteiger partial charge in [0.25, 0.3) is 11.5 Å². The summed E-state index contributed by atoms with van der Waals surface area (Å²) in [5.74, 6) is 0.158. The summed E-state index contributed by atoms with van der Waals surface area (Å²) in [5.41, 5.74) is 6.13. The molecule has 0 radical (unpaired) electrons. The first-order valence-corrected chi connectivity index (χ1v) is 9.59. The first-order chi connectivity index (χ1) is 13.4. The van der Waals surface area contributed by atoms with Gasteiger partial charge in [-0.05, 0) is 25.1 Å². The van der Waals surface area contributed by atoms with Crippen LogP contribution in [0.1, 0.15) is 35.8 Å². The third kappa shape index (κ3) is 2.82. The molecule has 2 aromatic rings. The highest BCUT2D eigenvalue weighted by Gasteiger charge is 2.46. The highest BCUT2D eigenvalue weighted by atomic mass is 35.5. The van der Waals surface area contributed by atoms with E-state index in [1.54, 1.807) is 10.6 Å². The topological polar surface area (TPSA) is 118 Å². The molecule has 9 nitrogen and oxygen atoms in total. The molecule has 4 N–H and O–H groups in total. The van der Waals surface area contributed by atoms with Crippen LogP contribution in [-0.4, -0.2) is 45.0 Å². The highest BCUT2D eigenvalue weighted by molar-refractivity contribution is 6.35. The number of nitrogens with zero attached hydrogens (tertiary/aromatic N) is 4. The number of nitrogen functional groups attached to an aromatic ring is 1. The van der Waals surface area contributed by atoms with Crippen molar-refractivity contribution in [3.8, 4) is 0 Å². The Morgan fingerprint density at radius 2 is 2.04 bits per heavy atom. The van der Waals surface area contributed by atoms with Crippen LogP contribution in [0.2, 0.25) is 5.02 Å². The van der Waals surface area contributed by atoms with E-state index in [1.807, 2.05) is 6.92 Å². The average Bonchev–Trinajstić information content (AvgIpc) is 2.96. The van der Waals surface area contributed by atoms with Crippen LogP contribution >= 0.6 is 11.6 Å². The molecule has 28 heavy (non-hydrogen) atoms. The van der Waals surface area contributed by atoms with Crippen molar-refractivity contribution in [2.24, 2.45) is 0 Å². The molecule has 2 aliphatic heterocycles. The monoisotopic (exact) mass is 403 g/mol. The van der Waals surface area contributed by atoms with E-state index in [0.717, 1.165) is 19.6 Å². The maximum absolute atomic E-state index is 13.4. The molecule has 0 saturated carbocycles. The van der Waals surface area contributed by atoms with Crippen molar-refractivity contribution in [2.75, 3.05) is 30.7 Å². The Balaban J connectivity index is 1.80. The average molecular weight is 404 g/mol. The van der Waals surface area contributed by atoms with Gasteiger partial charge in [0.05, 0.1) is 0 Å². The molecular formula is C18H22ClN7O2. The first-order valence-electron chi connectivity index (χ1n) is 9.21. The summed E-state index contributed by atoms with van der Waals surface area (Å²) >= 11 is 6.16. The lowest BCUT2D eigenvalue weighted by atomic mass is 9.97. The summed E-state index contributed by atoms with van der Waals surface area (Å²) in [6, 6.07) is 1.64. The first kappa shape index (κ1) is 18.7. The van der Waals surface area contributed by atoms with Crippen LogP contribution in [0.25, 0.3) is 0 Å². The summed E-state index contributed by atoms with van der Waals surface area (Å²) < 4.78 is 1.61. The van der Waals surface area contributed by atoms with Crippen molar-refractivity contribution in [3.05, 3.63) is 39.0 Å². The van der Waals surface area contributed by atoms with E-state index in [4.69, 9.17) is 17.3 Å². The van der Waals surface area contributed by atoms with E-state index in [-0.39, 0.29) is 33.8 Å². The molecule has 10 heteroatoms. The van der Waals surface area contributed by atoms with E-state index in [1.165, 1.54) is 6.33 Å². The Morgan fingerprint density at radius 3 is 2.71 bits per heavy atom. The van der Waals surface area contributed by atoms with Crippen LogP contribution in [-0.2, 0) is 5.66 Å². The molecule has 2 aliphatic rings. The number of nitrogens with two attached hydrogens (primary N) is 1. The Kier molecular flexibility index (Phi) is 4.51. The van der Waals surface area contributed by atoms with Gasteiger partial charge in [0.15, 0.2) is 5.82 Å².